The first-order chi connectivity index (χ1) is 53.5. The number of hydrogen-bond donors (Lipinski definition) is 0. The molecule has 1 radical (unpaired) electrons. The summed E-state index contributed by atoms with van der Waals surface area (Å²) >= 11 is 0. The Morgan fingerprint density at radius 1 is 0.287 bits per heavy atom. The van der Waals surface area contributed by atoms with Gasteiger partial charge >= 0.3 is 0 Å². The summed E-state index contributed by atoms with van der Waals surface area (Å²) in [5.74, 6) is 0. The van der Waals surface area contributed by atoms with Crippen LogP contribution < -0.4 is 0 Å². The van der Waals surface area contributed by atoms with Gasteiger partial charge in [-0.25, -0.2) is 0 Å². The molecule has 4 heterocycles. The second-order valence-electron chi connectivity index (χ2n) is 24.3. The number of rotatable bonds is 11. The van der Waals surface area contributed by atoms with Gasteiger partial charge in [-0.3, -0.25) is 9.97 Å². The molecular formula is C106H139IrN4O4-5. The second kappa shape index (κ2) is 69.3. The number of pyridine rings is 2. The van der Waals surface area contributed by atoms with Crippen LogP contribution in [0.5, 0.6) is 0 Å². The predicted octanol–water partition coefficient (Wildman–Crippen LogP) is 30.3. The van der Waals surface area contributed by atoms with Crippen LogP contribution >= 0.6 is 0 Å². The van der Waals surface area contributed by atoms with E-state index in [-0.39, 0.29) is 57.2 Å². The van der Waals surface area contributed by atoms with Gasteiger partial charge in [0.15, 0.2) is 0 Å². The minimum atomic E-state index is 0. The third kappa shape index (κ3) is 39.1. The van der Waals surface area contributed by atoms with Gasteiger partial charge in [0.2, 0.25) is 0 Å². The zero-order valence-electron chi connectivity index (χ0n) is 73.2. The van der Waals surface area contributed by atoms with E-state index in [0.29, 0.717) is 0 Å². The van der Waals surface area contributed by atoms with Crippen molar-refractivity contribution in [1.82, 2.24) is 19.1 Å². The number of hydrogen-bond acceptors (Lipinski definition) is 6. The topological polar surface area (TPSA) is 72.6 Å². The number of aryl methyl sites for hydroxylation is 5. The maximum Gasteiger partial charge on any atom is 0.0491 e. The summed E-state index contributed by atoms with van der Waals surface area (Å²) in [6.07, 6.45) is 8.36. The molecule has 15 rings (SSSR count). The van der Waals surface area contributed by atoms with Gasteiger partial charge in [-0.15, -0.1) is 5.56 Å². The van der Waals surface area contributed by atoms with Gasteiger partial charge in [-0.05, 0) is 151 Å². The molecule has 115 heavy (non-hydrogen) atoms. The maximum atomic E-state index is 4.25. The molecule has 4 aromatic heterocycles. The molecule has 0 N–H and O–H groups in total. The number of aromatic nitrogens is 4. The summed E-state index contributed by atoms with van der Waals surface area (Å²) in [6, 6.07) is 114. The van der Waals surface area contributed by atoms with E-state index in [9.17, 15) is 0 Å². The van der Waals surface area contributed by atoms with E-state index < -0.39 is 0 Å². The average molecular weight is 1730 g/mol. The van der Waals surface area contributed by atoms with Crippen LogP contribution in [0.3, 0.4) is 0 Å². The van der Waals surface area contributed by atoms with Gasteiger partial charge in [0, 0.05) is 157 Å². The van der Waals surface area contributed by atoms with Crippen LogP contribution in [0, 0.1) is 56.5 Å². The van der Waals surface area contributed by atoms with Gasteiger partial charge in [0.25, 0.3) is 0 Å². The Hall–Kier alpha value is -10.2. The summed E-state index contributed by atoms with van der Waals surface area (Å²) < 4.78 is 22.0. The third-order valence-electron chi connectivity index (χ3n) is 16.0. The second-order valence-corrected chi connectivity index (χ2v) is 24.3. The van der Waals surface area contributed by atoms with E-state index in [1.807, 2.05) is 146 Å². The fourth-order valence-electron chi connectivity index (χ4n) is 11.2. The Morgan fingerprint density at radius 2 is 0.513 bits per heavy atom. The Kier molecular flexibility index (Phi) is 67.0. The van der Waals surface area contributed by atoms with Gasteiger partial charge in [-0.1, -0.05) is 305 Å². The molecule has 0 bridgehead atoms. The Morgan fingerprint density at radius 3 is 0.696 bits per heavy atom. The van der Waals surface area contributed by atoms with E-state index in [4.69, 9.17) is 0 Å². The number of unbranched alkanes of at least 4 members (excludes halogenated alkanes) is 2. The van der Waals surface area contributed by atoms with E-state index in [1.54, 1.807) is 69.3 Å². The molecule has 11 aromatic carbocycles. The van der Waals surface area contributed by atoms with E-state index in [1.165, 1.54) is 130 Å². The van der Waals surface area contributed by atoms with Crippen molar-refractivity contribution in [3.05, 3.63) is 381 Å². The molecule has 0 amide bonds. The standard InChI is InChI=1S/2C28H25N.C12H9.C7H8.2C6H7N.4C2H6O.3C2H6.CH4.4CH3.Ir/c2*1-2-3-18-29-27-16-14-23(21-10-6-4-7-11-21)19-25(27)26-20-24(15-17-28(26)29)22-12-8-5-9-13-22;1-3-7-11(8-4-1)12-9-5-2-6-10-12;1-7-5-3-2-4-6-7;2*1-6-4-2-3-5-7-6;4*1-3-2;3*1-2;;;;;;/h2*4-17,19-20H,2-3,18H2,1H3;1-5,7-10H;2-6H,1H3;2*2-5H,1H3;4*1-2H3;3*1-2H3;1H4;4*1H3;/q;;-1;;;;;;;;;;;;4*-1;. The molecule has 0 saturated carbocycles. The van der Waals surface area contributed by atoms with Gasteiger partial charge in [0.05, 0.1) is 0 Å². The fraction of sp³-hybridized carbons (Fsp3) is 0.245. The summed E-state index contributed by atoms with van der Waals surface area (Å²) in [7, 11) is 13.0. The number of ether oxygens (including phenoxy) is 4. The third-order valence-corrected chi connectivity index (χ3v) is 16.0. The minimum Gasteiger partial charge on any atom is -0.388 e. The monoisotopic (exact) mass is 1730 g/mol. The first-order valence-electron chi connectivity index (χ1n) is 38.2. The molecule has 8 nitrogen and oxygen atoms in total. The summed E-state index contributed by atoms with van der Waals surface area (Å²) in [5, 5.41) is 5.37. The molecule has 0 aliphatic rings. The van der Waals surface area contributed by atoms with Crippen LogP contribution in [-0.2, 0) is 52.1 Å². The van der Waals surface area contributed by atoms with Gasteiger partial charge in [0.1, 0.15) is 0 Å². The van der Waals surface area contributed by atoms with E-state index in [2.05, 4.69) is 289 Å². The van der Waals surface area contributed by atoms with E-state index >= 15 is 0 Å². The van der Waals surface area contributed by atoms with Crippen molar-refractivity contribution < 1.29 is 39.1 Å². The maximum absolute atomic E-state index is 4.25. The molecular weight excluding hydrogens is 1590 g/mol. The van der Waals surface area contributed by atoms with Crippen LogP contribution in [0.15, 0.2) is 328 Å². The number of benzene rings is 11. The molecule has 15 aromatic rings. The van der Waals surface area contributed by atoms with Crippen LogP contribution in [0.2, 0.25) is 0 Å². The Labute approximate surface area is 712 Å². The Balaban J connectivity index is -0.000000658. The minimum absolute atomic E-state index is 0. The van der Waals surface area contributed by atoms with Crippen molar-refractivity contribution in [2.24, 2.45) is 0 Å². The summed E-state index contributed by atoms with van der Waals surface area (Å²) in [5.41, 5.74) is 21.4. The quantitative estimate of drug-likeness (QED) is 0.120. The van der Waals surface area contributed by atoms with Crippen molar-refractivity contribution in [2.75, 3.05) is 56.9 Å². The number of methoxy groups -OCH3 is 4. The van der Waals surface area contributed by atoms with Crippen molar-refractivity contribution in [2.45, 2.75) is 122 Å². The van der Waals surface area contributed by atoms with Crippen LogP contribution in [0.1, 0.15) is 105 Å². The first-order valence-corrected chi connectivity index (χ1v) is 38.2. The van der Waals surface area contributed by atoms with Crippen LogP contribution in [0.4, 0.5) is 0 Å². The molecule has 0 fully saturated rings. The zero-order chi connectivity index (χ0) is 79.7. The molecule has 9 heteroatoms. The molecule has 0 aliphatic carbocycles. The van der Waals surface area contributed by atoms with Crippen LogP contribution in [-0.4, -0.2) is 76.0 Å². The smallest absolute Gasteiger partial charge is 0.0491 e. The largest absolute Gasteiger partial charge is 0.388 e. The summed E-state index contributed by atoms with van der Waals surface area (Å²) in [4.78, 5) is 7.96. The van der Waals surface area contributed by atoms with Crippen molar-refractivity contribution in [1.29, 1.82) is 0 Å². The fourth-order valence-corrected chi connectivity index (χ4v) is 11.2. The molecule has 0 aliphatic heterocycles. The predicted molar refractivity (Wildman–Crippen MR) is 508 cm³/mol. The zero-order valence-corrected chi connectivity index (χ0v) is 75.6. The van der Waals surface area contributed by atoms with Crippen LogP contribution in [0.25, 0.3) is 99.2 Å². The molecule has 0 atom stereocenters. The molecule has 621 valence electrons. The van der Waals surface area contributed by atoms with Crippen molar-refractivity contribution in [3.63, 3.8) is 0 Å². The van der Waals surface area contributed by atoms with Crippen molar-refractivity contribution >= 4 is 43.6 Å². The van der Waals surface area contributed by atoms with Crippen molar-refractivity contribution in [3.8, 4) is 55.6 Å². The SMILES string of the molecule is C.CC.CC.CC.CCCCn1c2ccc(-c3ccccc3)cc2c2cc(-c3ccccc3)ccc21.CCCCn1c2ccc(-c3ccccc3)cc2c2cc(-c3ccccc3)ccc21.COC.COC.COC.COC.Cc1ccccc1.Cc1ccccn1.Cc1ccccn1.[CH3-].[CH3-].[CH3-].[CH3-].[Ir].[c-]1cccc(-c2ccccc2)c1. The summed E-state index contributed by atoms with van der Waals surface area (Å²) in [6.45, 7) is 24.7. The normalized spacial score (nSPS) is 9.10. The number of nitrogens with zero attached hydrogens (tertiary/aromatic N) is 4. The molecule has 0 spiro atoms. The molecule has 0 saturated heterocycles. The average Bonchev–Trinajstić information content (AvgIpc) is 1.61. The number of fused-ring (bicyclic) bond motifs is 6. The Bertz CT molecular complexity index is 4150. The first kappa shape index (κ1) is 111. The van der Waals surface area contributed by atoms with E-state index in [0.717, 1.165) is 24.5 Å². The van der Waals surface area contributed by atoms with Gasteiger partial charge < -0.3 is 57.8 Å². The molecule has 0 unspecified atom stereocenters. The van der Waals surface area contributed by atoms with Gasteiger partial charge in [-0.2, -0.15) is 30.3 Å².